The zero-order valence-corrected chi connectivity index (χ0v) is 11.3. The number of carbonyl (C=O) groups excluding carboxylic acids is 1. The molecule has 0 heterocycles. The second-order valence-electron chi connectivity index (χ2n) is 4.59. The first-order valence-electron chi connectivity index (χ1n) is 6.55. The van der Waals surface area contributed by atoms with Gasteiger partial charge in [-0.15, -0.1) is 0 Å². The van der Waals surface area contributed by atoms with Gasteiger partial charge in [-0.1, -0.05) is 49.4 Å². The first-order valence-corrected chi connectivity index (χ1v) is 6.55. The summed E-state index contributed by atoms with van der Waals surface area (Å²) in [5, 5.41) is 9.04. The lowest BCUT2D eigenvalue weighted by atomic mass is 9.94. The van der Waals surface area contributed by atoms with Crippen molar-refractivity contribution >= 4 is 11.8 Å². The van der Waals surface area contributed by atoms with Crippen LogP contribution in [0.4, 0.5) is 0 Å². The zero-order valence-electron chi connectivity index (χ0n) is 11.3. The van der Waals surface area contributed by atoms with E-state index < -0.39 is 5.97 Å². The summed E-state index contributed by atoms with van der Waals surface area (Å²) < 4.78 is 0. The van der Waals surface area contributed by atoms with E-state index in [0.717, 1.165) is 11.1 Å². The van der Waals surface area contributed by atoms with E-state index in [-0.39, 0.29) is 12.2 Å². The molecule has 0 aliphatic heterocycles. The van der Waals surface area contributed by atoms with Gasteiger partial charge in [-0.3, -0.25) is 9.59 Å². The lowest BCUT2D eigenvalue weighted by Crippen LogP contribution is -2.05. The van der Waals surface area contributed by atoms with Crippen LogP contribution in [0.5, 0.6) is 0 Å². The second-order valence-corrected chi connectivity index (χ2v) is 4.59. The maximum Gasteiger partial charge on any atom is 0.307 e. The second kappa shape index (κ2) is 6.15. The number of ketones is 1. The lowest BCUT2D eigenvalue weighted by Gasteiger charge is -2.10. The van der Waals surface area contributed by atoms with Gasteiger partial charge >= 0.3 is 5.97 Å². The Morgan fingerprint density at radius 2 is 1.75 bits per heavy atom. The van der Waals surface area contributed by atoms with Crippen LogP contribution in [-0.2, 0) is 11.2 Å². The number of rotatable bonds is 5. The molecule has 0 spiro atoms. The predicted octanol–water partition coefficient (Wildman–Crippen LogP) is 3.57. The van der Waals surface area contributed by atoms with Crippen LogP contribution in [0.25, 0.3) is 11.1 Å². The fourth-order valence-corrected chi connectivity index (χ4v) is 2.18. The summed E-state index contributed by atoms with van der Waals surface area (Å²) in [6.07, 6.45) is 0.326. The fraction of sp³-hybridized carbons (Fsp3) is 0.176. The number of carbonyl (C=O) groups is 2. The monoisotopic (exact) mass is 268 g/mol. The van der Waals surface area contributed by atoms with Crippen molar-refractivity contribution in [3.63, 3.8) is 0 Å². The van der Waals surface area contributed by atoms with Crippen LogP contribution in [0.3, 0.4) is 0 Å². The van der Waals surface area contributed by atoms with E-state index >= 15 is 0 Å². The number of hydrogen-bond acceptors (Lipinski definition) is 2. The minimum absolute atomic E-state index is 0.0243. The molecule has 0 atom stereocenters. The van der Waals surface area contributed by atoms with Gasteiger partial charge in [0.2, 0.25) is 0 Å². The van der Waals surface area contributed by atoms with Crippen LogP contribution in [0, 0.1) is 0 Å². The Morgan fingerprint density at radius 3 is 2.35 bits per heavy atom. The van der Waals surface area contributed by atoms with E-state index in [1.807, 2.05) is 36.4 Å². The van der Waals surface area contributed by atoms with Crippen LogP contribution in [-0.4, -0.2) is 16.9 Å². The van der Waals surface area contributed by atoms with E-state index in [2.05, 4.69) is 0 Å². The maximum absolute atomic E-state index is 11.8. The molecule has 3 heteroatoms. The highest BCUT2D eigenvalue weighted by Gasteiger charge is 2.12. The van der Waals surface area contributed by atoms with Crippen LogP contribution in [0.1, 0.15) is 29.3 Å². The Morgan fingerprint density at radius 1 is 1.05 bits per heavy atom. The van der Waals surface area contributed by atoms with Crippen LogP contribution < -0.4 is 0 Å². The molecule has 0 radical (unpaired) electrons. The van der Waals surface area contributed by atoms with Gasteiger partial charge in [0.1, 0.15) is 0 Å². The van der Waals surface area contributed by atoms with E-state index in [4.69, 9.17) is 5.11 Å². The summed E-state index contributed by atoms with van der Waals surface area (Å²) in [4.78, 5) is 22.8. The molecular formula is C17H16O3. The third-order valence-electron chi connectivity index (χ3n) is 3.17. The summed E-state index contributed by atoms with van der Waals surface area (Å²) >= 11 is 0. The Balaban J connectivity index is 2.51. The molecule has 2 aromatic rings. The van der Waals surface area contributed by atoms with Gasteiger partial charge in [0.25, 0.3) is 0 Å². The summed E-state index contributed by atoms with van der Waals surface area (Å²) in [7, 11) is 0. The van der Waals surface area contributed by atoms with Crippen molar-refractivity contribution in [1.82, 2.24) is 0 Å². The quantitative estimate of drug-likeness (QED) is 0.843. The molecule has 3 nitrogen and oxygen atoms in total. The molecule has 2 rings (SSSR count). The topological polar surface area (TPSA) is 54.4 Å². The van der Waals surface area contributed by atoms with E-state index in [1.54, 1.807) is 19.1 Å². The fourth-order valence-electron chi connectivity index (χ4n) is 2.18. The number of aliphatic carboxylic acids is 1. The molecule has 20 heavy (non-hydrogen) atoms. The minimum atomic E-state index is -0.900. The van der Waals surface area contributed by atoms with Crippen LogP contribution in [0.15, 0.2) is 48.5 Å². The third-order valence-corrected chi connectivity index (χ3v) is 3.17. The van der Waals surface area contributed by atoms with Gasteiger partial charge in [-0.2, -0.15) is 0 Å². The number of carboxylic acid groups (broad SMARTS) is 1. The van der Waals surface area contributed by atoms with Gasteiger partial charge in [0.05, 0.1) is 6.42 Å². The molecule has 0 unspecified atom stereocenters. The maximum atomic E-state index is 11.8. The number of hydrogen-bond donors (Lipinski definition) is 1. The summed E-state index contributed by atoms with van der Waals surface area (Å²) in [5.74, 6) is -0.875. The summed E-state index contributed by atoms with van der Waals surface area (Å²) in [6, 6.07) is 14.9. The number of benzene rings is 2. The van der Waals surface area contributed by atoms with Crippen molar-refractivity contribution in [2.45, 2.75) is 19.8 Å². The van der Waals surface area contributed by atoms with Crippen molar-refractivity contribution in [2.75, 3.05) is 0 Å². The Hall–Kier alpha value is -2.42. The van der Waals surface area contributed by atoms with E-state index in [1.165, 1.54) is 0 Å². The Bertz CT molecular complexity index is 630. The van der Waals surface area contributed by atoms with E-state index in [9.17, 15) is 9.59 Å². The number of carboxylic acids is 1. The molecule has 0 fully saturated rings. The summed E-state index contributed by atoms with van der Waals surface area (Å²) in [6.45, 7) is 1.80. The highest BCUT2D eigenvalue weighted by molar-refractivity contribution is 5.97. The average molecular weight is 268 g/mol. The normalized spacial score (nSPS) is 10.2. The Labute approximate surface area is 117 Å². The molecule has 102 valence electrons. The van der Waals surface area contributed by atoms with E-state index in [0.29, 0.717) is 17.5 Å². The van der Waals surface area contributed by atoms with Gasteiger partial charge in [0, 0.05) is 12.0 Å². The SMILES string of the molecule is CCC(=O)c1ccc(-c2ccccc2)c(CC(=O)O)c1. The zero-order chi connectivity index (χ0) is 14.5. The highest BCUT2D eigenvalue weighted by atomic mass is 16.4. The smallest absolute Gasteiger partial charge is 0.307 e. The van der Waals surface area contributed by atoms with Crippen molar-refractivity contribution in [2.24, 2.45) is 0 Å². The molecule has 0 aliphatic rings. The van der Waals surface area contributed by atoms with Crippen molar-refractivity contribution < 1.29 is 14.7 Å². The highest BCUT2D eigenvalue weighted by Crippen LogP contribution is 2.25. The molecule has 1 N–H and O–H groups in total. The molecular weight excluding hydrogens is 252 g/mol. The predicted molar refractivity (Wildman–Crippen MR) is 77.8 cm³/mol. The van der Waals surface area contributed by atoms with Crippen molar-refractivity contribution in [1.29, 1.82) is 0 Å². The molecule has 0 aliphatic carbocycles. The molecule has 2 aromatic carbocycles. The largest absolute Gasteiger partial charge is 0.481 e. The number of Topliss-reactive ketones (excluding diaryl/α,β-unsaturated/α-hetero) is 1. The van der Waals surface area contributed by atoms with Gasteiger partial charge in [-0.05, 0) is 22.8 Å². The first kappa shape index (κ1) is 14.0. The minimum Gasteiger partial charge on any atom is -0.481 e. The van der Waals surface area contributed by atoms with Crippen LogP contribution >= 0.6 is 0 Å². The lowest BCUT2D eigenvalue weighted by molar-refractivity contribution is -0.136. The van der Waals surface area contributed by atoms with Gasteiger partial charge in [-0.25, -0.2) is 0 Å². The third kappa shape index (κ3) is 3.12. The van der Waals surface area contributed by atoms with Crippen molar-refractivity contribution in [3.8, 4) is 11.1 Å². The molecule has 0 saturated heterocycles. The Kier molecular flexibility index (Phi) is 4.31. The first-order chi connectivity index (χ1) is 9.61. The molecule has 0 aromatic heterocycles. The van der Waals surface area contributed by atoms with Crippen LogP contribution in [0.2, 0.25) is 0 Å². The summed E-state index contributed by atoms with van der Waals surface area (Å²) in [5.41, 5.74) is 3.06. The molecule has 0 saturated carbocycles. The molecule has 0 amide bonds. The van der Waals surface area contributed by atoms with Crippen molar-refractivity contribution in [3.05, 3.63) is 59.7 Å². The standard InChI is InChI=1S/C17H16O3/c1-2-16(18)13-8-9-15(12-6-4-3-5-7-12)14(10-13)11-17(19)20/h3-10H,2,11H2,1H3,(H,19,20). The average Bonchev–Trinajstić information content (AvgIpc) is 2.46. The van der Waals surface area contributed by atoms with Gasteiger partial charge in [0.15, 0.2) is 5.78 Å². The molecule has 0 bridgehead atoms. The van der Waals surface area contributed by atoms with Gasteiger partial charge < -0.3 is 5.11 Å².